The maximum Gasteiger partial charge on any atom is 0.145 e. The second kappa shape index (κ2) is 9.22. The topological polar surface area (TPSA) is 31.2 Å². The highest BCUT2D eigenvalue weighted by molar-refractivity contribution is 6.23. The minimum Gasteiger partial charge on any atom is -0.456 e. The zero-order chi connectivity index (χ0) is 29.5. The SMILES string of the molecule is c1ccc(-c2cc(-c3ccc4oc5ccccc5c4c3)cc(-n3c4ccccc4c4c5oc6ccccc6c5ccc43)c2)cc1. The Labute approximate surface area is 258 Å². The highest BCUT2D eigenvalue weighted by Gasteiger charge is 2.19. The molecule has 10 aromatic rings. The molecule has 7 aromatic carbocycles. The normalized spacial score (nSPS) is 12.0. The average molecular weight is 576 g/mol. The number of furan rings is 2. The maximum absolute atomic E-state index is 6.56. The quantitative estimate of drug-likeness (QED) is 0.210. The van der Waals surface area contributed by atoms with Crippen LogP contribution in [0, 0.1) is 0 Å². The smallest absolute Gasteiger partial charge is 0.145 e. The highest BCUT2D eigenvalue weighted by atomic mass is 16.3. The van der Waals surface area contributed by atoms with Gasteiger partial charge >= 0.3 is 0 Å². The summed E-state index contributed by atoms with van der Waals surface area (Å²) in [4.78, 5) is 0. The van der Waals surface area contributed by atoms with Crippen molar-refractivity contribution in [2.45, 2.75) is 0 Å². The number of hydrogen-bond donors (Lipinski definition) is 0. The molecular weight excluding hydrogens is 550 g/mol. The van der Waals surface area contributed by atoms with Crippen molar-refractivity contribution in [2.75, 3.05) is 0 Å². The van der Waals surface area contributed by atoms with E-state index in [0.29, 0.717) is 0 Å². The Kier molecular flexibility index (Phi) is 5.00. The Morgan fingerprint density at radius 2 is 1.00 bits per heavy atom. The third kappa shape index (κ3) is 3.58. The lowest BCUT2D eigenvalue weighted by atomic mass is 9.97. The van der Waals surface area contributed by atoms with Gasteiger partial charge in [-0.3, -0.25) is 0 Å². The molecule has 0 saturated heterocycles. The maximum atomic E-state index is 6.56. The molecule has 0 amide bonds. The van der Waals surface area contributed by atoms with E-state index in [1.165, 1.54) is 10.9 Å². The summed E-state index contributed by atoms with van der Waals surface area (Å²) in [6.45, 7) is 0. The summed E-state index contributed by atoms with van der Waals surface area (Å²) in [5, 5.41) is 6.85. The van der Waals surface area contributed by atoms with Crippen LogP contribution in [0.5, 0.6) is 0 Å². The van der Waals surface area contributed by atoms with E-state index in [1.807, 2.05) is 18.2 Å². The molecule has 0 bridgehead atoms. The van der Waals surface area contributed by atoms with Gasteiger partial charge in [-0.1, -0.05) is 91.0 Å². The van der Waals surface area contributed by atoms with E-state index in [2.05, 4.69) is 138 Å². The fourth-order valence-electron chi connectivity index (χ4n) is 7.12. The second-order valence-electron chi connectivity index (χ2n) is 11.7. The molecular formula is C42H25NO2. The molecule has 3 nitrogen and oxygen atoms in total. The highest BCUT2D eigenvalue weighted by Crippen LogP contribution is 2.42. The molecule has 0 unspecified atom stereocenters. The van der Waals surface area contributed by atoms with E-state index in [-0.39, 0.29) is 0 Å². The van der Waals surface area contributed by atoms with Crippen LogP contribution in [0.25, 0.3) is 93.6 Å². The van der Waals surface area contributed by atoms with Gasteiger partial charge in [-0.15, -0.1) is 0 Å². The largest absolute Gasteiger partial charge is 0.456 e. The van der Waals surface area contributed by atoms with Crippen molar-refractivity contribution in [3.05, 3.63) is 152 Å². The van der Waals surface area contributed by atoms with Crippen LogP contribution in [0.2, 0.25) is 0 Å². The molecule has 10 rings (SSSR count). The van der Waals surface area contributed by atoms with Crippen molar-refractivity contribution >= 4 is 65.7 Å². The van der Waals surface area contributed by atoms with E-state index in [1.54, 1.807) is 0 Å². The summed E-state index contributed by atoms with van der Waals surface area (Å²) in [5.41, 5.74) is 11.7. The van der Waals surface area contributed by atoms with Crippen LogP contribution >= 0.6 is 0 Å². The van der Waals surface area contributed by atoms with Gasteiger partial charge in [-0.2, -0.15) is 0 Å². The lowest BCUT2D eigenvalue weighted by molar-refractivity contribution is 0.669. The summed E-state index contributed by atoms with van der Waals surface area (Å²) < 4.78 is 15.1. The summed E-state index contributed by atoms with van der Waals surface area (Å²) in [6.07, 6.45) is 0. The van der Waals surface area contributed by atoms with Crippen LogP contribution in [0.4, 0.5) is 0 Å². The monoisotopic (exact) mass is 575 g/mol. The first-order valence-corrected chi connectivity index (χ1v) is 15.3. The molecule has 3 heterocycles. The van der Waals surface area contributed by atoms with Crippen LogP contribution < -0.4 is 0 Å². The standard InChI is InChI=1S/C42H25NO2/c1-2-10-26(11-3-1)28-22-29(27-18-21-40-35(25-27)32-13-6-8-16-38(32)44-40)24-30(23-28)43-36-15-7-4-14-34(36)41-37(43)20-19-33-31-12-5-9-17-39(31)45-42(33)41/h1-25H. The number of benzene rings is 7. The zero-order valence-corrected chi connectivity index (χ0v) is 24.2. The van der Waals surface area contributed by atoms with Crippen molar-refractivity contribution in [1.82, 2.24) is 4.57 Å². The molecule has 0 aliphatic heterocycles. The lowest BCUT2D eigenvalue weighted by Gasteiger charge is -2.14. The van der Waals surface area contributed by atoms with Crippen molar-refractivity contribution in [2.24, 2.45) is 0 Å². The van der Waals surface area contributed by atoms with Gasteiger partial charge in [0.15, 0.2) is 0 Å². The van der Waals surface area contributed by atoms with Crippen LogP contribution in [0.3, 0.4) is 0 Å². The van der Waals surface area contributed by atoms with Gasteiger partial charge in [-0.25, -0.2) is 0 Å². The predicted molar refractivity (Wildman–Crippen MR) is 186 cm³/mol. The molecule has 45 heavy (non-hydrogen) atoms. The molecule has 0 radical (unpaired) electrons. The van der Waals surface area contributed by atoms with Gasteiger partial charge < -0.3 is 13.4 Å². The molecule has 0 fully saturated rings. The molecule has 0 aliphatic rings. The molecule has 0 spiro atoms. The molecule has 210 valence electrons. The minimum atomic E-state index is 0.900. The number of nitrogens with zero attached hydrogens (tertiary/aromatic N) is 1. The van der Waals surface area contributed by atoms with Gasteiger partial charge in [0.25, 0.3) is 0 Å². The third-order valence-corrected chi connectivity index (χ3v) is 9.17. The Bertz CT molecular complexity index is 2760. The fourth-order valence-corrected chi connectivity index (χ4v) is 7.12. The number of hydrogen-bond acceptors (Lipinski definition) is 2. The van der Waals surface area contributed by atoms with Gasteiger partial charge in [-0.05, 0) is 82.9 Å². The number of fused-ring (bicyclic) bond motifs is 10. The fraction of sp³-hybridized carbons (Fsp3) is 0. The van der Waals surface area contributed by atoms with Crippen molar-refractivity contribution in [1.29, 1.82) is 0 Å². The molecule has 0 saturated carbocycles. The Balaban J connectivity index is 1.28. The van der Waals surface area contributed by atoms with Crippen molar-refractivity contribution in [3.8, 4) is 27.9 Å². The first kappa shape index (κ1) is 24.4. The van der Waals surface area contributed by atoms with Crippen molar-refractivity contribution < 1.29 is 8.83 Å². The molecule has 0 N–H and O–H groups in total. The first-order valence-electron chi connectivity index (χ1n) is 15.3. The first-order chi connectivity index (χ1) is 22.3. The molecule has 0 aliphatic carbocycles. The Hall–Kier alpha value is -6.06. The summed E-state index contributed by atoms with van der Waals surface area (Å²) in [5.74, 6) is 0. The Morgan fingerprint density at radius 3 is 1.82 bits per heavy atom. The van der Waals surface area contributed by atoms with Gasteiger partial charge in [0, 0.05) is 32.6 Å². The van der Waals surface area contributed by atoms with Crippen LogP contribution in [0.15, 0.2) is 160 Å². The van der Waals surface area contributed by atoms with E-state index in [0.717, 1.165) is 82.7 Å². The predicted octanol–water partition coefficient (Wildman–Crippen LogP) is 11.9. The van der Waals surface area contributed by atoms with E-state index < -0.39 is 0 Å². The van der Waals surface area contributed by atoms with Gasteiger partial charge in [0.2, 0.25) is 0 Å². The van der Waals surface area contributed by atoms with Gasteiger partial charge in [0.05, 0.1) is 16.4 Å². The number of para-hydroxylation sites is 3. The van der Waals surface area contributed by atoms with E-state index in [9.17, 15) is 0 Å². The number of aromatic nitrogens is 1. The summed E-state index contributed by atoms with van der Waals surface area (Å²) in [7, 11) is 0. The summed E-state index contributed by atoms with van der Waals surface area (Å²) >= 11 is 0. The lowest BCUT2D eigenvalue weighted by Crippen LogP contribution is -1.96. The Morgan fingerprint density at radius 1 is 0.356 bits per heavy atom. The number of rotatable bonds is 3. The second-order valence-corrected chi connectivity index (χ2v) is 11.7. The minimum absolute atomic E-state index is 0.900. The third-order valence-electron chi connectivity index (χ3n) is 9.17. The van der Waals surface area contributed by atoms with Crippen LogP contribution in [-0.2, 0) is 0 Å². The van der Waals surface area contributed by atoms with Crippen LogP contribution in [0.1, 0.15) is 0 Å². The van der Waals surface area contributed by atoms with E-state index >= 15 is 0 Å². The zero-order valence-electron chi connectivity index (χ0n) is 24.2. The molecule has 3 heteroatoms. The van der Waals surface area contributed by atoms with Crippen molar-refractivity contribution in [3.63, 3.8) is 0 Å². The average Bonchev–Trinajstić information content (AvgIpc) is 3.77. The molecule has 0 atom stereocenters. The molecule has 3 aromatic heterocycles. The van der Waals surface area contributed by atoms with Gasteiger partial charge in [0.1, 0.15) is 22.3 Å². The van der Waals surface area contributed by atoms with Crippen LogP contribution in [-0.4, -0.2) is 4.57 Å². The van der Waals surface area contributed by atoms with E-state index in [4.69, 9.17) is 8.83 Å². The summed E-state index contributed by atoms with van der Waals surface area (Å²) in [6, 6.07) is 53.7.